The van der Waals surface area contributed by atoms with E-state index in [-0.39, 0.29) is 18.2 Å². The molecule has 1 N–H and O–H groups in total. The lowest BCUT2D eigenvalue weighted by Crippen LogP contribution is -2.46. The fourth-order valence-corrected chi connectivity index (χ4v) is 5.06. The normalized spacial score (nSPS) is 17.1. The van der Waals surface area contributed by atoms with Gasteiger partial charge in [0.15, 0.2) is 5.17 Å². The Hall–Kier alpha value is -2.32. The number of halogens is 3. The standard InChI is InChI=1S/C25H20BrCl2N3O2S/c26-17-6-10-20(11-7-17)29-24(33)22-15-23(32)31(13-12-16-4-8-18(27)9-5-16)25(34-22)30-21-3-1-2-19(28)14-21/h1-11,14,22H,12-13,15H2,(H,29,33). The average molecular weight is 577 g/mol. The van der Waals surface area contributed by atoms with Crippen molar-refractivity contribution in [1.29, 1.82) is 0 Å². The Balaban J connectivity index is 1.55. The number of amides is 2. The fourth-order valence-electron chi connectivity index (χ4n) is 3.37. The highest BCUT2D eigenvalue weighted by molar-refractivity contribution is 9.10. The van der Waals surface area contributed by atoms with Crippen molar-refractivity contribution in [2.45, 2.75) is 18.1 Å². The minimum atomic E-state index is -0.596. The van der Waals surface area contributed by atoms with Crippen LogP contribution in [0.3, 0.4) is 0 Å². The number of rotatable bonds is 6. The van der Waals surface area contributed by atoms with Crippen LogP contribution in [0.4, 0.5) is 11.4 Å². The largest absolute Gasteiger partial charge is 0.325 e. The maximum absolute atomic E-state index is 13.1. The summed E-state index contributed by atoms with van der Waals surface area (Å²) in [6.45, 7) is 0.438. The number of carbonyl (C=O) groups excluding carboxylic acids is 2. The van der Waals surface area contributed by atoms with E-state index < -0.39 is 5.25 Å². The highest BCUT2D eigenvalue weighted by Crippen LogP contribution is 2.31. The molecule has 1 heterocycles. The summed E-state index contributed by atoms with van der Waals surface area (Å²) in [5.74, 6) is -0.388. The number of hydrogen-bond donors (Lipinski definition) is 1. The van der Waals surface area contributed by atoms with Crippen molar-refractivity contribution in [3.63, 3.8) is 0 Å². The van der Waals surface area contributed by atoms with Crippen molar-refractivity contribution in [3.8, 4) is 0 Å². The first-order chi connectivity index (χ1) is 16.4. The zero-order chi connectivity index (χ0) is 24.1. The predicted molar refractivity (Wildman–Crippen MR) is 144 cm³/mol. The zero-order valence-electron chi connectivity index (χ0n) is 17.9. The van der Waals surface area contributed by atoms with Gasteiger partial charge < -0.3 is 5.32 Å². The Bertz CT molecular complexity index is 1220. The van der Waals surface area contributed by atoms with Gasteiger partial charge in [-0.1, -0.05) is 69.1 Å². The van der Waals surface area contributed by atoms with Crippen LogP contribution in [-0.4, -0.2) is 33.7 Å². The van der Waals surface area contributed by atoms with Gasteiger partial charge in [-0.15, -0.1) is 0 Å². The van der Waals surface area contributed by atoms with Gasteiger partial charge in [0.1, 0.15) is 5.25 Å². The SMILES string of the molecule is O=C(Nc1ccc(Br)cc1)C1CC(=O)N(CCc2ccc(Cl)cc2)C(=Nc2cccc(Cl)c2)S1. The van der Waals surface area contributed by atoms with Gasteiger partial charge in [-0.3, -0.25) is 14.5 Å². The summed E-state index contributed by atoms with van der Waals surface area (Å²) in [6, 6.07) is 21.9. The molecule has 0 radical (unpaired) electrons. The van der Waals surface area contributed by atoms with E-state index in [4.69, 9.17) is 23.2 Å². The van der Waals surface area contributed by atoms with E-state index in [1.165, 1.54) is 11.8 Å². The van der Waals surface area contributed by atoms with Crippen LogP contribution in [0, 0.1) is 0 Å². The van der Waals surface area contributed by atoms with Gasteiger partial charge in [-0.2, -0.15) is 0 Å². The van der Waals surface area contributed by atoms with Crippen LogP contribution in [0.25, 0.3) is 0 Å². The molecule has 1 atom stereocenters. The lowest BCUT2D eigenvalue weighted by molar-refractivity contribution is -0.129. The van der Waals surface area contributed by atoms with Gasteiger partial charge in [-0.25, -0.2) is 4.99 Å². The first-order valence-electron chi connectivity index (χ1n) is 10.5. The summed E-state index contributed by atoms with van der Waals surface area (Å²) in [7, 11) is 0. The second kappa shape index (κ2) is 11.4. The fraction of sp³-hybridized carbons (Fsp3) is 0.160. The number of carbonyl (C=O) groups is 2. The first-order valence-corrected chi connectivity index (χ1v) is 12.9. The number of anilines is 1. The van der Waals surface area contributed by atoms with E-state index >= 15 is 0 Å². The number of nitrogens with zero attached hydrogens (tertiary/aromatic N) is 2. The minimum Gasteiger partial charge on any atom is -0.325 e. The van der Waals surface area contributed by atoms with E-state index in [0.29, 0.717) is 39.6 Å². The average Bonchev–Trinajstić information content (AvgIpc) is 2.81. The van der Waals surface area contributed by atoms with E-state index in [1.807, 2.05) is 42.5 Å². The maximum atomic E-state index is 13.1. The highest BCUT2D eigenvalue weighted by atomic mass is 79.9. The molecule has 1 saturated heterocycles. The second-order valence-electron chi connectivity index (χ2n) is 7.60. The molecule has 34 heavy (non-hydrogen) atoms. The van der Waals surface area contributed by atoms with E-state index in [9.17, 15) is 9.59 Å². The number of benzene rings is 3. The molecule has 3 aromatic carbocycles. The monoisotopic (exact) mass is 575 g/mol. The molecule has 0 bridgehead atoms. The Morgan fingerprint density at radius 3 is 2.50 bits per heavy atom. The van der Waals surface area contributed by atoms with Crippen LogP contribution in [0.2, 0.25) is 10.0 Å². The Labute approximate surface area is 220 Å². The summed E-state index contributed by atoms with van der Waals surface area (Å²) in [6.07, 6.45) is 0.718. The number of hydrogen-bond acceptors (Lipinski definition) is 4. The molecule has 1 unspecified atom stereocenters. The van der Waals surface area contributed by atoms with Gasteiger partial charge in [0, 0.05) is 33.2 Å². The molecule has 5 nitrogen and oxygen atoms in total. The third-order valence-electron chi connectivity index (χ3n) is 5.11. The lowest BCUT2D eigenvalue weighted by Gasteiger charge is -2.32. The molecular formula is C25H20BrCl2N3O2S. The van der Waals surface area contributed by atoms with Crippen LogP contribution in [0.15, 0.2) is 82.3 Å². The molecule has 1 aliphatic heterocycles. The van der Waals surface area contributed by atoms with Crippen molar-refractivity contribution in [2.24, 2.45) is 4.99 Å². The molecule has 4 rings (SSSR count). The molecule has 0 aromatic heterocycles. The van der Waals surface area contributed by atoms with Crippen LogP contribution in [-0.2, 0) is 16.0 Å². The molecule has 0 saturated carbocycles. The molecule has 0 aliphatic carbocycles. The summed E-state index contributed by atoms with van der Waals surface area (Å²) in [5, 5.41) is 3.98. The van der Waals surface area contributed by atoms with E-state index in [0.717, 1.165) is 10.0 Å². The van der Waals surface area contributed by atoms with Gasteiger partial charge in [0.05, 0.1) is 5.69 Å². The van der Waals surface area contributed by atoms with Gasteiger partial charge in [0.2, 0.25) is 11.8 Å². The predicted octanol–water partition coefficient (Wildman–Crippen LogP) is 6.96. The molecular weight excluding hydrogens is 557 g/mol. The van der Waals surface area contributed by atoms with E-state index in [2.05, 4.69) is 26.2 Å². The Kier molecular flexibility index (Phi) is 8.32. The Morgan fingerprint density at radius 2 is 1.79 bits per heavy atom. The number of amidine groups is 1. The van der Waals surface area contributed by atoms with Crippen LogP contribution < -0.4 is 5.32 Å². The first kappa shape index (κ1) is 24.8. The molecule has 1 fully saturated rings. The summed E-state index contributed by atoms with van der Waals surface area (Å²) in [4.78, 5) is 32.4. The molecule has 3 aromatic rings. The third kappa shape index (κ3) is 6.63. The lowest BCUT2D eigenvalue weighted by atomic mass is 10.1. The highest BCUT2D eigenvalue weighted by Gasteiger charge is 2.35. The number of aliphatic imine (C=N–C) groups is 1. The minimum absolute atomic E-state index is 0.0855. The van der Waals surface area contributed by atoms with Crippen LogP contribution in [0.1, 0.15) is 12.0 Å². The molecule has 174 valence electrons. The van der Waals surface area contributed by atoms with E-state index in [1.54, 1.807) is 35.2 Å². The maximum Gasteiger partial charge on any atom is 0.238 e. The summed E-state index contributed by atoms with van der Waals surface area (Å²) < 4.78 is 0.917. The van der Waals surface area contributed by atoms with Gasteiger partial charge >= 0.3 is 0 Å². The smallest absolute Gasteiger partial charge is 0.238 e. The Morgan fingerprint density at radius 1 is 1.06 bits per heavy atom. The molecule has 2 amide bonds. The van der Waals surface area contributed by atoms with Crippen molar-refractivity contribution >= 4 is 79.3 Å². The second-order valence-corrected chi connectivity index (χ2v) is 10.6. The van der Waals surface area contributed by atoms with Crippen molar-refractivity contribution < 1.29 is 9.59 Å². The van der Waals surface area contributed by atoms with Crippen LogP contribution in [0.5, 0.6) is 0 Å². The number of nitrogens with one attached hydrogen (secondary N) is 1. The van der Waals surface area contributed by atoms with Crippen molar-refractivity contribution in [1.82, 2.24) is 4.90 Å². The van der Waals surface area contributed by atoms with Gasteiger partial charge in [0.25, 0.3) is 0 Å². The van der Waals surface area contributed by atoms with Crippen molar-refractivity contribution in [3.05, 3.63) is 92.9 Å². The number of thioether (sulfide) groups is 1. The molecule has 0 spiro atoms. The summed E-state index contributed by atoms with van der Waals surface area (Å²) >= 11 is 16.8. The van der Waals surface area contributed by atoms with Crippen LogP contribution >= 0.6 is 50.9 Å². The van der Waals surface area contributed by atoms with Gasteiger partial charge in [-0.05, 0) is 66.6 Å². The summed E-state index contributed by atoms with van der Waals surface area (Å²) in [5.41, 5.74) is 2.34. The molecule has 1 aliphatic rings. The van der Waals surface area contributed by atoms with Crippen molar-refractivity contribution in [2.75, 3.05) is 11.9 Å². The zero-order valence-corrected chi connectivity index (χ0v) is 21.8. The molecule has 9 heteroatoms. The quantitative estimate of drug-likeness (QED) is 0.345. The topological polar surface area (TPSA) is 61.8 Å². The third-order valence-corrected chi connectivity index (χ3v) is 7.32.